The Morgan fingerprint density at radius 3 is 2.48 bits per heavy atom. The molecule has 3 amide bonds. The van der Waals surface area contributed by atoms with E-state index in [1.165, 1.54) is 30.2 Å². The van der Waals surface area contributed by atoms with Crippen molar-refractivity contribution in [2.24, 2.45) is 4.99 Å². The second kappa shape index (κ2) is 12.8. The maximum absolute atomic E-state index is 12.3. The summed E-state index contributed by atoms with van der Waals surface area (Å²) < 4.78 is 0. The molecule has 1 aliphatic rings. The highest BCUT2D eigenvalue weighted by Gasteiger charge is 2.20. The Hall–Kier alpha value is -1.68. The lowest BCUT2D eigenvalue weighted by molar-refractivity contribution is -0.128. The number of urea groups is 1. The van der Waals surface area contributed by atoms with Crippen molar-refractivity contribution in [2.45, 2.75) is 70.6 Å². The average molecular weight is 323 g/mol. The number of rotatable bonds is 6. The van der Waals surface area contributed by atoms with E-state index in [2.05, 4.69) is 10.3 Å². The van der Waals surface area contributed by atoms with Crippen LogP contribution in [0, 0.1) is 0 Å². The van der Waals surface area contributed by atoms with Crippen molar-refractivity contribution in [1.29, 1.82) is 0 Å². The van der Waals surface area contributed by atoms with Crippen molar-refractivity contribution >= 4 is 18.0 Å². The van der Waals surface area contributed by atoms with E-state index in [0.29, 0.717) is 26.1 Å². The summed E-state index contributed by atoms with van der Waals surface area (Å²) in [5.41, 5.74) is 0. The number of amides is 3. The highest BCUT2D eigenvalue weighted by molar-refractivity contribution is 5.94. The van der Waals surface area contributed by atoms with Gasteiger partial charge in [0.25, 0.3) is 0 Å². The molecule has 0 spiro atoms. The smallest absolute Gasteiger partial charge is 0.324 e. The van der Waals surface area contributed by atoms with Gasteiger partial charge in [0.2, 0.25) is 12.0 Å². The van der Waals surface area contributed by atoms with Gasteiger partial charge in [0.1, 0.15) is 0 Å². The minimum Gasteiger partial charge on any atom is -0.338 e. The molecule has 6 nitrogen and oxygen atoms in total. The van der Waals surface area contributed by atoms with Crippen LogP contribution < -0.4 is 5.32 Å². The number of nitrogens with one attached hydrogen (secondary N) is 1. The maximum atomic E-state index is 12.3. The van der Waals surface area contributed by atoms with Crippen LogP contribution in [0.15, 0.2) is 4.99 Å². The molecular formula is C17H29N3O3. The van der Waals surface area contributed by atoms with E-state index in [4.69, 9.17) is 0 Å². The van der Waals surface area contributed by atoms with Gasteiger partial charge in [0, 0.05) is 19.5 Å². The largest absolute Gasteiger partial charge is 0.338 e. The van der Waals surface area contributed by atoms with E-state index in [0.717, 1.165) is 44.9 Å². The summed E-state index contributed by atoms with van der Waals surface area (Å²) in [6.45, 7) is 1.62. The van der Waals surface area contributed by atoms with E-state index in [-0.39, 0.29) is 11.9 Å². The molecule has 1 rings (SSSR count). The number of hydrogen-bond donors (Lipinski definition) is 1. The van der Waals surface area contributed by atoms with Crippen LogP contribution in [0.1, 0.15) is 70.6 Å². The Bertz CT molecular complexity index is 406. The fourth-order valence-corrected chi connectivity index (χ4v) is 2.73. The number of nitrogens with zero attached hydrogens (tertiary/aromatic N) is 2. The standard InChI is InChI=1S/C17H29N3O3/c21-15-18-12-8-6-7-11-16(22)20-14-10-5-3-1-2-4-9-13-19-17(20)23/h1-14H2,(H,19,23). The molecule has 0 saturated carbocycles. The zero-order chi connectivity index (χ0) is 16.8. The summed E-state index contributed by atoms with van der Waals surface area (Å²) in [7, 11) is 0. The first kappa shape index (κ1) is 19.4. The van der Waals surface area contributed by atoms with E-state index in [1.807, 2.05) is 0 Å². The molecule has 0 unspecified atom stereocenters. The zero-order valence-electron chi connectivity index (χ0n) is 14.0. The normalized spacial score (nSPS) is 17.4. The van der Waals surface area contributed by atoms with E-state index in [1.54, 1.807) is 0 Å². The van der Waals surface area contributed by atoms with Crippen LogP contribution in [0.4, 0.5) is 4.79 Å². The topological polar surface area (TPSA) is 78.8 Å². The maximum Gasteiger partial charge on any atom is 0.324 e. The Kier molecular flexibility index (Phi) is 10.8. The fourth-order valence-electron chi connectivity index (χ4n) is 2.73. The van der Waals surface area contributed by atoms with E-state index < -0.39 is 0 Å². The van der Waals surface area contributed by atoms with Crippen molar-refractivity contribution in [2.75, 3.05) is 19.6 Å². The van der Waals surface area contributed by atoms with Crippen LogP contribution in [0.5, 0.6) is 0 Å². The van der Waals surface area contributed by atoms with E-state index in [9.17, 15) is 14.4 Å². The molecule has 0 atom stereocenters. The summed E-state index contributed by atoms with van der Waals surface area (Å²) >= 11 is 0. The summed E-state index contributed by atoms with van der Waals surface area (Å²) in [5.74, 6) is -0.0987. The molecule has 0 aromatic carbocycles. The molecule has 0 aliphatic carbocycles. The Labute approximate surface area is 138 Å². The third-order valence-electron chi connectivity index (χ3n) is 4.11. The van der Waals surface area contributed by atoms with E-state index >= 15 is 0 Å². The number of hydrogen-bond acceptors (Lipinski definition) is 4. The van der Waals surface area contributed by atoms with Crippen molar-refractivity contribution in [3.63, 3.8) is 0 Å². The van der Waals surface area contributed by atoms with Gasteiger partial charge in [0.15, 0.2) is 0 Å². The first-order valence-electron chi connectivity index (χ1n) is 8.87. The molecule has 1 fully saturated rings. The first-order valence-corrected chi connectivity index (χ1v) is 8.87. The van der Waals surface area contributed by atoms with Gasteiger partial charge in [-0.05, 0) is 25.7 Å². The van der Waals surface area contributed by atoms with Crippen molar-refractivity contribution < 1.29 is 14.4 Å². The SMILES string of the molecule is O=C=NCCCCCC(=O)N1CCCCCCCCCNC1=O. The lowest BCUT2D eigenvalue weighted by atomic mass is 10.1. The minimum atomic E-state index is -0.249. The van der Waals surface area contributed by atoms with Gasteiger partial charge in [-0.25, -0.2) is 14.6 Å². The number of imide groups is 1. The van der Waals surface area contributed by atoms with Crippen LogP contribution >= 0.6 is 0 Å². The molecule has 1 heterocycles. The third kappa shape index (κ3) is 9.14. The summed E-state index contributed by atoms with van der Waals surface area (Å²) in [5, 5.41) is 2.86. The van der Waals surface area contributed by atoms with Crippen molar-refractivity contribution in [3.8, 4) is 0 Å². The lowest BCUT2D eigenvalue weighted by Gasteiger charge is -2.22. The van der Waals surface area contributed by atoms with Crippen molar-refractivity contribution in [3.05, 3.63) is 0 Å². The quantitative estimate of drug-likeness (QED) is 0.463. The lowest BCUT2D eigenvalue weighted by Crippen LogP contribution is -2.44. The molecule has 1 aliphatic heterocycles. The summed E-state index contributed by atoms with van der Waals surface area (Å²) in [6.07, 6.45) is 11.9. The van der Waals surface area contributed by atoms with Gasteiger partial charge in [-0.3, -0.25) is 9.69 Å². The molecule has 6 heteroatoms. The van der Waals surface area contributed by atoms with Crippen LogP contribution in [-0.2, 0) is 9.59 Å². The van der Waals surface area contributed by atoms with Gasteiger partial charge in [-0.2, -0.15) is 0 Å². The number of aliphatic imine (C=N–C) groups is 1. The molecule has 1 N–H and O–H groups in total. The van der Waals surface area contributed by atoms with Crippen LogP contribution in [0.25, 0.3) is 0 Å². The minimum absolute atomic E-state index is 0.0987. The number of carbonyl (C=O) groups is 2. The Morgan fingerprint density at radius 2 is 1.74 bits per heavy atom. The molecule has 130 valence electrons. The first-order chi connectivity index (χ1) is 11.3. The predicted octanol–water partition coefficient (Wildman–Crippen LogP) is 3.17. The molecule has 1 saturated heterocycles. The van der Waals surface area contributed by atoms with Gasteiger partial charge in [0.05, 0.1) is 6.54 Å². The highest BCUT2D eigenvalue weighted by Crippen LogP contribution is 2.11. The zero-order valence-corrected chi connectivity index (χ0v) is 14.0. The Balaban J connectivity index is 2.38. The molecular weight excluding hydrogens is 294 g/mol. The number of carbonyl (C=O) groups excluding carboxylic acids is 3. The van der Waals surface area contributed by atoms with Gasteiger partial charge >= 0.3 is 6.03 Å². The van der Waals surface area contributed by atoms with Crippen molar-refractivity contribution in [1.82, 2.24) is 10.2 Å². The van der Waals surface area contributed by atoms with Crippen LogP contribution in [0.3, 0.4) is 0 Å². The van der Waals surface area contributed by atoms with Gasteiger partial charge in [-0.1, -0.05) is 38.5 Å². The predicted molar refractivity (Wildman–Crippen MR) is 88.9 cm³/mol. The summed E-state index contributed by atoms with van der Waals surface area (Å²) in [6, 6.07) is -0.249. The summed E-state index contributed by atoms with van der Waals surface area (Å²) in [4.78, 5) is 39.3. The molecule has 0 aromatic heterocycles. The monoisotopic (exact) mass is 323 g/mol. The third-order valence-corrected chi connectivity index (χ3v) is 4.11. The average Bonchev–Trinajstić information content (AvgIpc) is 2.54. The second-order valence-electron chi connectivity index (χ2n) is 6.04. The van der Waals surface area contributed by atoms with Gasteiger partial charge < -0.3 is 5.32 Å². The second-order valence-corrected chi connectivity index (χ2v) is 6.04. The number of unbranched alkanes of at least 4 members (excludes halogenated alkanes) is 2. The van der Waals surface area contributed by atoms with Gasteiger partial charge in [-0.15, -0.1) is 0 Å². The molecule has 0 bridgehead atoms. The molecule has 0 radical (unpaired) electrons. The molecule has 0 aromatic rings. The number of isocyanates is 1. The Morgan fingerprint density at radius 1 is 1.04 bits per heavy atom. The molecule has 23 heavy (non-hydrogen) atoms. The van der Waals surface area contributed by atoms with Crippen LogP contribution in [-0.4, -0.2) is 42.6 Å². The fraction of sp³-hybridized carbons (Fsp3) is 0.824. The van der Waals surface area contributed by atoms with Crippen LogP contribution in [0.2, 0.25) is 0 Å². The highest BCUT2D eigenvalue weighted by atomic mass is 16.2.